The fourth-order valence-corrected chi connectivity index (χ4v) is 0.993. The van der Waals surface area contributed by atoms with Crippen molar-refractivity contribution in [2.75, 3.05) is 11.1 Å². The van der Waals surface area contributed by atoms with Crippen LogP contribution < -0.4 is 11.1 Å². The number of nitrogens with zero attached hydrogens (tertiary/aromatic N) is 3. The van der Waals surface area contributed by atoms with Crippen LogP contribution in [-0.4, -0.2) is 26.5 Å². The molecule has 7 heteroatoms. The molecule has 0 spiro atoms. The number of rotatable bonds is 0. The molecule has 1 aliphatic heterocycles. The smallest absolute Gasteiger partial charge is 0.241 e. The quantitative estimate of drug-likeness (QED) is 0.460. The number of hydrogen-bond acceptors (Lipinski definition) is 5. The van der Waals surface area contributed by atoms with Gasteiger partial charge in [-0.15, -0.1) is 5.10 Å². The molecule has 0 aromatic carbocycles. The third kappa shape index (κ3) is 0.831. The molecule has 0 saturated heterocycles. The summed E-state index contributed by atoms with van der Waals surface area (Å²) in [4.78, 5) is 14.6. The van der Waals surface area contributed by atoms with Gasteiger partial charge in [-0.3, -0.25) is 15.5 Å². The lowest BCUT2D eigenvalue weighted by molar-refractivity contribution is -0.115. The van der Waals surface area contributed by atoms with Crippen LogP contribution in [0.5, 0.6) is 0 Å². The fraction of sp³-hybridized carbons (Fsp3) is 0.200. The Kier molecular flexibility index (Phi) is 1.15. The van der Waals surface area contributed by atoms with Crippen LogP contribution in [0.25, 0.3) is 0 Å². The number of carbonyl (C=O) groups is 1. The summed E-state index contributed by atoms with van der Waals surface area (Å²) < 4.78 is 1.21. The molecule has 4 N–H and O–H groups in total. The maximum Gasteiger partial charge on any atom is 0.241 e. The van der Waals surface area contributed by atoms with Crippen molar-refractivity contribution in [1.29, 1.82) is 5.41 Å². The minimum atomic E-state index is -0.264. The summed E-state index contributed by atoms with van der Waals surface area (Å²) >= 11 is 0. The normalized spacial score (nSPS) is 15.7. The van der Waals surface area contributed by atoms with Gasteiger partial charge in [0.05, 0.1) is 6.42 Å². The van der Waals surface area contributed by atoms with Gasteiger partial charge in [0, 0.05) is 0 Å². The van der Waals surface area contributed by atoms with Crippen LogP contribution in [0.1, 0.15) is 6.42 Å². The van der Waals surface area contributed by atoms with E-state index in [9.17, 15) is 4.79 Å². The predicted molar refractivity (Wildman–Crippen MR) is 40.8 cm³/mol. The van der Waals surface area contributed by atoms with Crippen LogP contribution in [0, 0.1) is 5.41 Å². The molecule has 12 heavy (non-hydrogen) atoms. The van der Waals surface area contributed by atoms with E-state index in [0.29, 0.717) is 0 Å². The first-order chi connectivity index (χ1) is 5.66. The second-order valence-corrected chi connectivity index (χ2v) is 2.38. The minimum Gasteiger partial charge on any atom is -0.366 e. The van der Waals surface area contributed by atoms with Gasteiger partial charge in [0.1, 0.15) is 5.84 Å². The Hall–Kier alpha value is -1.92. The molecule has 0 unspecified atom stereocenters. The number of nitrogen functional groups attached to an aromatic ring is 1. The van der Waals surface area contributed by atoms with E-state index in [-0.39, 0.29) is 30.1 Å². The lowest BCUT2D eigenvalue weighted by atomic mass is 10.3. The van der Waals surface area contributed by atoms with Gasteiger partial charge >= 0.3 is 0 Å². The molecule has 0 atom stereocenters. The Labute approximate surface area is 67.1 Å². The van der Waals surface area contributed by atoms with Gasteiger partial charge < -0.3 is 5.73 Å². The second kappa shape index (κ2) is 2.03. The highest BCUT2D eigenvalue weighted by Gasteiger charge is 2.21. The average molecular weight is 166 g/mol. The van der Waals surface area contributed by atoms with Crippen molar-refractivity contribution in [3.63, 3.8) is 0 Å². The molecular formula is C5H6N6O. The molecule has 0 saturated carbocycles. The van der Waals surface area contributed by atoms with Crippen molar-refractivity contribution in [2.45, 2.75) is 6.42 Å². The first-order valence-electron chi connectivity index (χ1n) is 3.27. The summed E-state index contributed by atoms with van der Waals surface area (Å²) in [6.07, 6.45) is 0.00972. The number of fused-ring (bicyclic) bond motifs is 1. The molecule has 1 aliphatic rings. The van der Waals surface area contributed by atoms with E-state index in [2.05, 4.69) is 15.4 Å². The van der Waals surface area contributed by atoms with Gasteiger partial charge in [-0.25, -0.2) is 0 Å². The molecule has 2 rings (SSSR count). The molecule has 2 heterocycles. The van der Waals surface area contributed by atoms with E-state index < -0.39 is 0 Å². The van der Waals surface area contributed by atoms with E-state index >= 15 is 0 Å². The van der Waals surface area contributed by atoms with Gasteiger partial charge in [-0.05, 0) is 0 Å². The van der Waals surface area contributed by atoms with Gasteiger partial charge in [0.15, 0.2) is 0 Å². The van der Waals surface area contributed by atoms with E-state index in [1.54, 1.807) is 0 Å². The van der Waals surface area contributed by atoms with Gasteiger partial charge in [0.25, 0.3) is 0 Å². The molecule has 0 aliphatic carbocycles. The molecular weight excluding hydrogens is 160 g/mol. The molecule has 7 nitrogen and oxygen atoms in total. The fourth-order valence-electron chi connectivity index (χ4n) is 0.993. The molecule has 0 radical (unpaired) electrons. The zero-order chi connectivity index (χ0) is 8.72. The zero-order valence-electron chi connectivity index (χ0n) is 6.03. The summed E-state index contributed by atoms with van der Waals surface area (Å²) in [5.74, 6) is 0.0866. The van der Waals surface area contributed by atoms with Crippen LogP contribution in [0.15, 0.2) is 0 Å². The zero-order valence-corrected chi connectivity index (χ0v) is 6.03. The highest BCUT2D eigenvalue weighted by molar-refractivity contribution is 6.08. The van der Waals surface area contributed by atoms with Crippen LogP contribution in [0.2, 0.25) is 0 Å². The highest BCUT2D eigenvalue weighted by atomic mass is 16.2. The van der Waals surface area contributed by atoms with Gasteiger partial charge in [-0.2, -0.15) is 9.67 Å². The Bertz CT molecular complexity index is 366. The number of amides is 1. The first kappa shape index (κ1) is 6.77. The predicted octanol–water partition coefficient (Wildman–Crippen LogP) is -0.972. The standard InChI is InChI=1S/C5H6N6O/c6-2-1-3(12)8-5-9-4(7)10-11(2)5/h6H,1H2,(H3,7,8,9,10,12). The Balaban J connectivity index is 2.53. The number of hydrogen-bond donors (Lipinski definition) is 3. The molecule has 0 bridgehead atoms. The van der Waals surface area contributed by atoms with Crippen molar-refractivity contribution in [1.82, 2.24) is 14.8 Å². The van der Waals surface area contributed by atoms with Crippen LogP contribution in [0.3, 0.4) is 0 Å². The van der Waals surface area contributed by atoms with E-state index in [1.807, 2.05) is 0 Å². The summed E-state index contributed by atoms with van der Waals surface area (Å²) in [6.45, 7) is 0. The van der Waals surface area contributed by atoms with E-state index in [4.69, 9.17) is 11.1 Å². The third-order valence-electron chi connectivity index (χ3n) is 1.46. The van der Waals surface area contributed by atoms with Gasteiger partial charge in [-0.1, -0.05) is 0 Å². The number of nitrogens with one attached hydrogen (secondary N) is 2. The molecule has 1 aromatic heterocycles. The molecule has 1 aromatic rings. The highest BCUT2D eigenvalue weighted by Crippen LogP contribution is 2.11. The van der Waals surface area contributed by atoms with E-state index in [1.165, 1.54) is 4.68 Å². The van der Waals surface area contributed by atoms with Crippen molar-refractivity contribution < 1.29 is 4.79 Å². The number of carbonyl (C=O) groups excluding carboxylic acids is 1. The van der Waals surface area contributed by atoms with E-state index in [0.717, 1.165) is 0 Å². The summed E-state index contributed by atoms with van der Waals surface area (Å²) in [6, 6.07) is 0. The molecule has 0 fully saturated rings. The lowest BCUT2D eigenvalue weighted by Gasteiger charge is -2.12. The Morgan fingerprint density at radius 1 is 1.67 bits per heavy atom. The summed E-state index contributed by atoms with van der Waals surface area (Å²) in [5, 5.41) is 13.5. The Morgan fingerprint density at radius 2 is 2.42 bits per heavy atom. The maximum absolute atomic E-state index is 10.9. The van der Waals surface area contributed by atoms with Crippen LogP contribution >= 0.6 is 0 Å². The number of aromatic nitrogens is 3. The summed E-state index contributed by atoms with van der Waals surface area (Å²) in [7, 11) is 0. The largest absolute Gasteiger partial charge is 0.366 e. The lowest BCUT2D eigenvalue weighted by Crippen LogP contribution is -2.30. The van der Waals surface area contributed by atoms with Crippen molar-refractivity contribution in [2.24, 2.45) is 0 Å². The number of nitrogens with two attached hydrogens (primary N) is 1. The SMILES string of the molecule is N=C1CC(=O)Nc2nc(N)nn21. The second-order valence-electron chi connectivity index (χ2n) is 2.38. The van der Waals surface area contributed by atoms with Crippen LogP contribution in [0.4, 0.5) is 11.9 Å². The Morgan fingerprint density at radius 3 is 3.17 bits per heavy atom. The van der Waals surface area contributed by atoms with Crippen molar-refractivity contribution >= 4 is 23.6 Å². The van der Waals surface area contributed by atoms with Gasteiger partial charge in [0.2, 0.25) is 17.8 Å². The van der Waals surface area contributed by atoms with Crippen molar-refractivity contribution in [3.8, 4) is 0 Å². The molecule has 1 amide bonds. The molecule has 62 valence electrons. The minimum absolute atomic E-state index is 0.00972. The van der Waals surface area contributed by atoms with Crippen molar-refractivity contribution in [3.05, 3.63) is 0 Å². The average Bonchev–Trinajstić information content (AvgIpc) is 2.29. The maximum atomic E-state index is 10.9. The topological polar surface area (TPSA) is 110 Å². The van der Waals surface area contributed by atoms with Crippen LogP contribution in [-0.2, 0) is 4.79 Å². The summed E-state index contributed by atoms with van der Waals surface area (Å²) in [5.41, 5.74) is 5.27. The number of anilines is 2. The monoisotopic (exact) mass is 166 g/mol. The first-order valence-corrected chi connectivity index (χ1v) is 3.27. The third-order valence-corrected chi connectivity index (χ3v) is 1.46.